The van der Waals surface area contributed by atoms with Crippen LogP contribution in [0.1, 0.15) is 12.8 Å². The minimum Gasteiger partial charge on any atom is -0.381 e. The van der Waals surface area contributed by atoms with Crippen LogP contribution in [0, 0.1) is 0 Å². The van der Waals surface area contributed by atoms with Crippen LogP contribution >= 0.6 is 23.1 Å². The van der Waals surface area contributed by atoms with Crippen LogP contribution in [-0.2, 0) is 4.74 Å². The van der Waals surface area contributed by atoms with Crippen LogP contribution in [0.15, 0.2) is 16.6 Å². The number of guanidine groups is 1. The monoisotopic (exact) mass is 355 g/mol. The summed E-state index contributed by atoms with van der Waals surface area (Å²) < 4.78 is 5.68. The second-order valence-corrected chi connectivity index (χ2v) is 8.11. The third-order valence-electron chi connectivity index (χ3n) is 4.66. The maximum absolute atomic E-state index is 6.25. The van der Waals surface area contributed by atoms with Gasteiger partial charge < -0.3 is 20.3 Å². The van der Waals surface area contributed by atoms with E-state index in [0.29, 0.717) is 5.96 Å². The molecule has 0 bridgehead atoms. The van der Waals surface area contributed by atoms with E-state index in [4.69, 9.17) is 15.5 Å². The first-order valence-corrected chi connectivity index (χ1v) is 10.2. The van der Waals surface area contributed by atoms with Gasteiger partial charge in [0.15, 0.2) is 11.1 Å². The second-order valence-electron chi connectivity index (χ2n) is 5.96. The number of aromatic nitrogens is 1. The van der Waals surface area contributed by atoms with Crippen LogP contribution in [0.25, 0.3) is 0 Å². The van der Waals surface area contributed by atoms with E-state index in [2.05, 4.69) is 21.0 Å². The fourth-order valence-electron chi connectivity index (χ4n) is 2.99. The number of thioether (sulfide) groups is 1. The van der Waals surface area contributed by atoms with Gasteiger partial charge in [-0.25, -0.2) is 4.98 Å². The molecule has 3 heterocycles. The van der Waals surface area contributed by atoms with Gasteiger partial charge in [-0.2, -0.15) is 11.8 Å². The van der Waals surface area contributed by atoms with Gasteiger partial charge in [-0.15, -0.1) is 11.3 Å². The number of ether oxygens (including phenoxy) is 1. The predicted octanol–water partition coefficient (Wildman–Crippen LogP) is 1.49. The van der Waals surface area contributed by atoms with Gasteiger partial charge in [-0.3, -0.25) is 4.99 Å². The molecule has 0 atom stereocenters. The van der Waals surface area contributed by atoms with Crippen molar-refractivity contribution in [2.45, 2.75) is 17.6 Å². The Balaban J connectivity index is 1.53. The molecule has 3 rings (SSSR count). The zero-order valence-corrected chi connectivity index (χ0v) is 15.2. The van der Waals surface area contributed by atoms with Crippen molar-refractivity contribution >= 4 is 34.2 Å². The van der Waals surface area contributed by atoms with E-state index in [0.717, 1.165) is 63.9 Å². The second kappa shape index (κ2) is 7.72. The minimum atomic E-state index is 0.200. The first kappa shape index (κ1) is 16.9. The molecular weight excluding hydrogens is 330 g/mol. The van der Waals surface area contributed by atoms with Crippen LogP contribution in [0.2, 0.25) is 0 Å². The molecule has 2 fully saturated rings. The molecule has 0 spiro atoms. The molecule has 1 aromatic heterocycles. The quantitative estimate of drug-likeness (QED) is 0.652. The summed E-state index contributed by atoms with van der Waals surface area (Å²) in [6, 6.07) is 0. The Hall–Kier alpha value is -0.990. The molecule has 0 unspecified atom stereocenters. The van der Waals surface area contributed by atoms with E-state index < -0.39 is 0 Å². The van der Waals surface area contributed by atoms with Gasteiger partial charge in [0.2, 0.25) is 0 Å². The summed E-state index contributed by atoms with van der Waals surface area (Å²) in [4.78, 5) is 13.6. The summed E-state index contributed by atoms with van der Waals surface area (Å²) in [6.45, 7) is 6.17. The van der Waals surface area contributed by atoms with E-state index >= 15 is 0 Å². The Morgan fingerprint density at radius 2 is 2.13 bits per heavy atom. The van der Waals surface area contributed by atoms with E-state index in [-0.39, 0.29) is 4.75 Å². The van der Waals surface area contributed by atoms with Crippen molar-refractivity contribution < 1.29 is 4.74 Å². The van der Waals surface area contributed by atoms with Crippen molar-refractivity contribution in [3.05, 3.63) is 11.6 Å². The number of nitrogens with two attached hydrogens (primary N) is 1. The lowest BCUT2D eigenvalue weighted by molar-refractivity contribution is 0.0793. The molecule has 2 aliphatic rings. The third kappa shape index (κ3) is 4.10. The van der Waals surface area contributed by atoms with Crippen molar-refractivity contribution in [2.24, 2.45) is 10.7 Å². The largest absolute Gasteiger partial charge is 0.381 e. The summed E-state index contributed by atoms with van der Waals surface area (Å²) in [5, 5.41) is 3.12. The number of aliphatic imine (C=N–C) groups is 1. The summed E-state index contributed by atoms with van der Waals surface area (Å²) in [6.07, 6.45) is 6.15. The Morgan fingerprint density at radius 3 is 2.74 bits per heavy atom. The molecule has 6 nitrogen and oxygen atoms in total. The SMILES string of the molecule is CSC1(CN=C(N)N2CCN(c3nccs3)CC2)CCOCC1. The Kier molecular flexibility index (Phi) is 5.66. The van der Waals surface area contributed by atoms with Crippen molar-refractivity contribution in [1.29, 1.82) is 0 Å². The topological polar surface area (TPSA) is 67.0 Å². The zero-order chi connectivity index (χ0) is 16.1. The first-order chi connectivity index (χ1) is 11.2. The predicted molar refractivity (Wildman–Crippen MR) is 98.7 cm³/mol. The third-order valence-corrected chi connectivity index (χ3v) is 6.90. The van der Waals surface area contributed by atoms with E-state index in [1.165, 1.54) is 0 Å². The summed E-state index contributed by atoms with van der Waals surface area (Å²) in [5.74, 6) is 0.684. The standard InChI is InChI=1S/C15H25N5OS2/c1-22-15(2-9-21-10-3-15)12-18-13(16)19-5-7-20(8-6-19)14-17-4-11-23-14/h4,11H,2-3,5-10,12H2,1H3,(H2,16,18). The zero-order valence-electron chi connectivity index (χ0n) is 13.6. The van der Waals surface area contributed by atoms with Gasteiger partial charge in [0, 0.05) is 55.7 Å². The number of hydrogen-bond donors (Lipinski definition) is 1. The summed E-state index contributed by atoms with van der Waals surface area (Å²) in [7, 11) is 0. The fraction of sp³-hybridized carbons (Fsp3) is 0.733. The van der Waals surface area contributed by atoms with Crippen LogP contribution in [0.4, 0.5) is 5.13 Å². The Bertz CT molecular complexity index is 508. The summed E-state index contributed by atoms with van der Waals surface area (Å²) in [5.41, 5.74) is 6.25. The molecule has 0 amide bonds. The highest BCUT2D eigenvalue weighted by Gasteiger charge is 2.32. The lowest BCUT2D eigenvalue weighted by Crippen LogP contribution is -2.51. The molecule has 2 N–H and O–H groups in total. The number of nitrogens with zero attached hydrogens (tertiary/aromatic N) is 4. The van der Waals surface area contributed by atoms with Gasteiger partial charge in [0.25, 0.3) is 0 Å². The lowest BCUT2D eigenvalue weighted by Gasteiger charge is -2.37. The van der Waals surface area contributed by atoms with Gasteiger partial charge in [-0.05, 0) is 19.1 Å². The number of rotatable bonds is 4. The smallest absolute Gasteiger partial charge is 0.191 e. The molecule has 128 valence electrons. The van der Waals surface area contributed by atoms with E-state index in [1.54, 1.807) is 11.3 Å². The van der Waals surface area contributed by atoms with E-state index in [1.807, 2.05) is 23.3 Å². The van der Waals surface area contributed by atoms with Crippen molar-refractivity contribution in [2.75, 3.05) is 57.1 Å². The van der Waals surface area contributed by atoms with Crippen molar-refractivity contribution in [3.63, 3.8) is 0 Å². The molecule has 23 heavy (non-hydrogen) atoms. The number of thiazole rings is 1. The van der Waals surface area contributed by atoms with Gasteiger partial charge in [-0.1, -0.05) is 0 Å². The lowest BCUT2D eigenvalue weighted by atomic mass is 9.99. The number of piperazine rings is 1. The van der Waals surface area contributed by atoms with Crippen LogP contribution in [-0.4, -0.2) is 72.8 Å². The molecule has 2 saturated heterocycles. The Labute approximate surface area is 146 Å². The van der Waals surface area contributed by atoms with Gasteiger partial charge >= 0.3 is 0 Å². The first-order valence-electron chi connectivity index (χ1n) is 8.05. The normalized spacial score (nSPS) is 22.4. The number of hydrogen-bond acceptors (Lipinski definition) is 6. The average Bonchev–Trinajstić information content (AvgIpc) is 3.15. The molecule has 0 radical (unpaired) electrons. The van der Waals surface area contributed by atoms with Gasteiger partial charge in [0.05, 0.1) is 6.54 Å². The Morgan fingerprint density at radius 1 is 1.39 bits per heavy atom. The number of anilines is 1. The highest BCUT2D eigenvalue weighted by Crippen LogP contribution is 2.34. The maximum atomic E-state index is 6.25. The molecule has 8 heteroatoms. The highest BCUT2D eigenvalue weighted by molar-refractivity contribution is 8.00. The molecule has 0 saturated carbocycles. The van der Waals surface area contributed by atoms with Crippen LogP contribution in [0.3, 0.4) is 0 Å². The molecular formula is C15H25N5OS2. The fourth-order valence-corrected chi connectivity index (χ4v) is 4.46. The minimum absolute atomic E-state index is 0.200. The molecule has 0 aromatic carbocycles. The molecule has 2 aliphatic heterocycles. The molecule has 0 aliphatic carbocycles. The van der Waals surface area contributed by atoms with Gasteiger partial charge in [0.1, 0.15) is 0 Å². The summed E-state index contributed by atoms with van der Waals surface area (Å²) >= 11 is 3.59. The van der Waals surface area contributed by atoms with Crippen LogP contribution in [0.5, 0.6) is 0 Å². The molecule has 1 aromatic rings. The van der Waals surface area contributed by atoms with Crippen LogP contribution < -0.4 is 10.6 Å². The highest BCUT2D eigenvalue weighted by atomic mass is 32.2. The maximum Gasteiger partial charge on any atom is 0.191 e. The average molecular weight is 356 g/mol. The van der Waals surface area contributed by atoms with Crippen molar-refractivity contribution in [1.82, 2.24) is 9.88 Å². The van der Waals surface area contributed by atoms with E-state index in [9.17, 15) is 0 Å². The van der Waals surface area contributed by atoms with Crippen molar-refractivity contribution in [3.8, 4) is 0 Å².